The molecule has 0 aromatic carbocycles. The van der Waals surface area contributed by atoms with E-state index in [1.807, 2.05) is 0 Å². The maximum atomic E-state index is 11.8. The van der Waals surface area contributed by atoms with Crippen molar-refractivity contribution in [3.8, 4) is 0 Å². The second-order valence-electron chi connectivity index (χ2n) is 4.14. The summed E-state index contributed by atoms with van der Waals surface area (Å²) in [5.41, 5.74) is 0.130. The second kappa shape index (κ2) is 7.09. The van der Waals surface area contributed by atoms with Crippen LogP contribution in [0.15, 0.2) is 23.1 Å². The number of esters is 1. The minimum Gasteiger partial charge on any atom is -0.469 e. The molecule has 0 bridgehead atoms. The zero-order valence-electron chi connectivity index (χ0n) is 11.5. The predicted octanol–water partition coefficient (Wildman–Crippen LogP) is 0.563. The van der Waals surface area contributed by atoms with Gasteiger partial charge in [0.2, 0.25) is 10.0 Å². The number of anilines is 1. The predicted molar refractivity (Wildman–Crippen MR) is 75.0 cm³/mol. The average Bonchev–Trinajstić information content (AvgIpc) is 2.40. The van der Waals surface area contributed by atoms with Crippen molar-refractivity contribution in [3.63, 3.8) is 0 Å². The van der Waals surface area contributed by atoms with Crippen LogP contribution in [0.2, 0.25) is 0 Å². The summed E-state index contributed by atoms with van der Waals surface area (Å²) in [7, 11) is -2.30. The van der Waals surface area contributed by atoms with Crippen LogP contribution >= 0.6 is 0 Å². The number of rotatable bonds is 7. The first-order chi connectivity index (χ1) is 9.38. The van der Waals surface area contributed by atoms with Crippen molar-refractivity contribution in [3.05, 3.63) is 28.7 Å². The maximum absolute atomic E-state index is 11.8. The van der Waals surface area contributed by atoms with E-state index in [1.54, 1.807) is 6.92 Å². The standard InChI is InChI=1S/C12H18N2O5S/c1-3-14-9-10(6-7-11(14)15)13-20(17,18)8-4-5-12(16)19-2/h6-7,9,13H,3-5,8H2,1-2H3. The molecule has 1 aromatic heterocycles. The summed E-state index contributed by atoms with van der Waals surface area (Å²) in [6.07, 6.45) is 1.67. The van der Waals surface area contributed by atoms with E-state index in [4.69, 9.17) is 0 Å². The Bertz CT molecular complexity index is 621. The van der Waals surface area contributed by atoms with E-state index in [2.05, 4.69) is 9.46 Å². The molecule has 8 heteroatoms. The number of pyridine rings is 1. The lowest BCUT2D eigenvalue weighted by Crippen LogP contribution is -2.21. The molecular formula is C12H18N2O5S. The second-order valence-corrected chi connectivity index (χ2v) is 5.98. The number of aryl methyl sites for hydroxylation is 1. The third-order valence-electron chi connectivity index (χ3n) is 2.62. The Balaban J connectivity index is 2.66. The highest BCUT2D eigenvalue weighted by Crippen LogP contribution is 2.08. The molecule has 20 heavy (non-hydrogen) atoms. The average molecular weight is 302 g/mol. The summed E-state index contributed by atoms with van der Waals surface area (Å²) in [4.78, 5) is 22.3. The minimum atomic E-state index is -3.55. The molecule has 0 aliphatic rings. The number of ether oxygens (including phenoxy) is 1. The Kier molecular flexibility index (Phi) is 5.75. The van der Waals surface area contributed by atoms with Crippen molar-refractivity contribution < 1.29 is 17.9 Å². The first kappa shape index (κ1) is 16.2. The first-order valence-corrected chi connectivity index (χ1v) is 7.81. The molecule has 1 rings (SSSR count). The monoisotopic (exact) mass is 302 g/mol. The molecule has 1 N–H and O–H groups in total. The summed E-state index contributed by atoms with van der Waals surface area (Å²) >= 11 is 0. The van der Waals surface area contributed by atoms with Gasteiger partial charge in [0.05, 0.1) is 18.6 Å². The van der Waals surface area contributed by atoms with E-state index in [0.717, 1.165) is 0 Å². The lowest BCUT2D eigenvalue weighted by Gasteiger charge is -2.09. The van der Waals surface area contributed by atoms with Gasteiger partial charge in [-0.25, -0.2) is 8.42 Å². The Morgan fingerprint density at radius 2 is 2.10 bits per heavy atom. The molecule has 0 aliphatic carbocycles. The summed E-state index contributed by atoms with van der Waals surface area (Å²) in [6.45, 7) is 2.24. The van der Waals surface area contributed by atoms with Gasteiger partial charge in [-0.3, -0.25) is 14.3 Å². The van der Waals surface area contributed by atoms with Gasteiger partial charge >= 0.3 is 5.97 Å². The number of hydrogen-bond acceptors (Lipinski definition) is 5. The molecule has 7 nitrogen and oxygen atoms in total. The normalized spacial score (nSPS) is 11.1. The Labute approximate surface area is 117 Å². The SMILES string of the molecule is CCn1cc(NS(=O)(=O)CCCC(=O)OC)ccc1=O. The smallest absolute Gasteiger partial charge is 0.305 e. The highest BCUT2D eigenvalue weighted by Gasteiger charge is 2.12. The zero-order chi connectivity index (χ0) is 15.2. The summed E-state index contributed by atoms with van der Waals surface area (Å²) in [6, 6.07) is 2.71. The number of sulfonamides is 1. The highest BCUT2D eigenvalue weighted by molar-refractivity contribution is 7.92. The summed E-state index contributed by atoms with van der Waals surface area (Å²) in [5, 5.41) is 0. The van der Waals surface area contributed by atoms with Crippen LogP contribution in [-0.4, -0.2) is 31.8 Å². The molecule has 0 unspecified atom stereocenters. The number of methoxy groups -OCH3 is 1. The van der Waals surface area contributed by atoms with E-state index < -0.39 is 16.0 Å². The van der Waals surface area contributed by atoms with Gasteiger partial charge in [0.25, 0.3) is 5.56 Å². The number of aromatic nitrogens is 1. The van der Waals surface area contributed by atoms with Crippen molar-refractivity contribution in [2.75, 3.05) is 17.6 Å². The van der Waals surface area contributed by atoms with Crippen LogP contribution in [0.25, 0.3) is 0 Å². The topological polar surface area (TPSA) is 94.5 Å². The largest absolute Gasteiger partial charge is 0.469 e. The van der Waals surface area contributed by atoms with Crippen molar-refractivity contribution in [2.24, 2.45) is 0 Å². The quantitative estimate of drug-likeness (QED) is 0.743. The van der Waals surface area contributed by atoms with Crippen LogP contribution in [-0.2, 0) is 26.1 Å². The van der Waals surface area contributed by atoms with E-state index in [1.165, 1.54) is 30.0 Å². The van der Waals surface area contributed by atoms with Crippen LogP contribution in [0.4, 0.5) is 5.69 Å². The Hall–Kier alpha value is -1.83. The van der Waals surface area contributed by atoms with Crippen LogP contribution in [0.3, 0.4) is 0 Å². The molecule has 0 fully saturated rings. The maximum Gasteiger partial charge on any atom is 0.305 e. The van der Waals surface area contributed by atoms with Crippen molar-refractivity contribution in [1.29, 1.82) is 0 Å². The van der Waals surface area contributed by atoms with Crippen molar-refractivity contribution in [1.82, 2.24) is 4.57 Å². The molecular weight excluding hydrogens is 284 g/mol. The van der Waals surface area contributed by atoms with Gasteiger partial charge < -0.3 is 9.30 Å². The van der Waals surface area contributed by atoms with Crippen molar-refractivity contribution in [2.45, 2.75) is 26.3 Å². The first-order valence-electron chi connectivity index (χ1n) is 6.15. The van der Waals surface area contributed by atoms with E-state index in [-0.39, 0.29) is 24.2 Å². The number of hydrogen-bond donors (Lipinski definition) is 1. The molecule has 0 radical (unpaired) electrons. The Morgan fingerprint density at radius 1 is 1.40 bits per heavy atom. The lowest BCUT2D eigenvalue weighted by molar-refractivity contribution is -0.140. The van der Waals surface area contributed by atoms with Gasteiger partial charge in [-0.1, -0.05) is 0 Å². The third-order valence-corrected chi connectivity index (χ3v) is 3.99. The van der Waals surface area contributed by atoms with E-state index >= 15 is 0 Å². The number of nitrogens with one attached hydrogen (secondary N) is 1. The molecule has 1 aromatic rings. The molecule has 112 valence electrons. The molecule has 0 saturated carbocycles. The van der Waals surface area contributed by atoms with Crippen LogP contribution in [0, 0.1) is 0 Å². The van der Waals surface area contributed by atoms with Crippen LogP contribution < -0.4 is 10.3 Å². The fourth-order valence-corrected chi connectivity index (χ4v) is 2.68. The van der Waals surface area contributed by atoms with E-state index in [0.29, 0.717) is 12.2 Å². The van der Waals surface area contributed by atoms with Crippen LogP contribution in [0.1, 0.15) is 19.8 Å². The third kappa shape index (κ3) is 5.04. The molecule has 0 saturated heterocycles. The molecule has 0 amide bonds. The molecule has 0 aliphatic heterocycles. The Morgan fingerprint density at radius 3 is 2.70 bits per heavy atom. The van der Waals surface area contributed by atoms with Crippen LogP contribution in [0.5, 0.6) is 0 Å². The van der Waals surface area contributed by atoms with Gasteiger partial charge in [-0.05, 0) is 19.4 Å². The van der Waals surface area contributed by atoms with Gasteiger partial charge in [0, 0.05) is 25.2 Å². The van der Waals surface area contributed by atoms with Gasteiger partial charge in [-0.15, -0.1) is 0 Å². The van der Waals surface area contributed by atoms with E-state index in [9.17, 15) is 18.0 Å². The highest BCUT2D eigenvalue weighted by atomic mass is 32.2. The summed E-state index contributed by atoms with van der Waals surface area (Å²) < 4.78 is 31.8. The minimum absolute atomic E-state index is 0.0475. The molecule has 0 atom stereocenters. The lowest BCUT2D eigenvalue weighted by atomic mass is 10.3. The van der Waals surface area contributed by atoms with Gasteiger partial charge in [0.1, 0.15) is 0 Å². The number of nitrogens with zero attached hydrogens (tertiary/aromatic N) is 1. The van der Waals surface area contributed by atoms with Crippen molar-refractivity contribution >= 4 is 21.7 Å². The number of carbonyl (C=O) groups excluding carboxylic acids is 1. The van der Waals surface area contributed by atoms with Gasteiger partial charge in [0.15, 0.2) is 0 Å². The fraction of sp³-hybridized carbons (Fsp3) is 0.500. The zero-order valence-corrected chi connectivity index (χ0v) is 12.3. The number of carbonyl (C=O) groups is 1. The molecule has 0 spiro atoms. The summed E-state index contributed by atoms with van der Waals surface area (Å²) in [5.74, 6) is -0.632. The molecule has 1 heterocycles. The van der Waals surface area contributed by atoms with Gasteiger partial charge in [-0.2, -0.15) is 0 Å². The fourth-order valence-electron chi connectivity index (χ4n) is 1.58.